The predicted octanol–water partition coefficient (Wildman–Crippen LogP) is 13.9. The first-order valence-electron chi connectivity index (χ1n) is 22.2. The second-order valence-corrected chi connectivity index (χ2v) is 31.8. The van der Waals surface area contributed by atoms with E-state index in [2.05, 4.69) is 213 Å². The summed E-state index contributed by atoms with van der Waals surface area (Å²) in [5, 5.41) is 13.8. The molecule has 0 N–H and O–H groups in total. The van der Waals surface area contributed by atoms with Crippen LogP contribution in [0.2, 0.25) is 39.3 Å². The third-order valence-electron chi connectivity index (χ3n) is 13.8. The van der Waals surface area contributed by atoms with Crippen LogP contribution in [-0.4, -0.2) is 22.9 Å². The van der Waals surface area contributed by atoms with Crippen LogP contribution < -0.4 is 36.6 Å². The minimum atomic E-state index is -1.97. The van der Waals surface area contributed by atoms with E-state index in [1.54, 1.807) is 0 Å². The Morgan fingerprint density at radius 3 is 1.22 bits per heavy atom. The van der Waals surface area contributed by atoms with Gasteiger partial charge in [-0.1, -0.05) is 155 Å². The summed E-state index contributed by atoms with van der Waals surface area (Å²) < 4.78 is 5.34. The van der Waals surface area contributed by atoms with Crippen LogP contribution >= 0.6 is 22.7 Å². The largest absolute Gasteiger partial charge is 0.311 e. The molecule has 13 rings (SSSR count). The van der Waals surface area contributed by atoms with Crippen molar-refractivity contribution in [3.63, 3.8) is 0 Å². The van der Waals surface area contributed by atoms with Gasteiger partial charge in [-0.3, -0.25) is 0 Å². The van der Waals surface area contributed by atoms with Gasteiger partial charge in [-0.15, -0.1) is 22.7 Å². The molecule has 63 heavy (non-hydrogen) atoms. The van der Waals surface area contributed by atoms with E-state index >= 15 is 0 Å². The Hall–Kier alpha value is -5.96. The fraction of sp³-hybridized carbons (Fsp3) is 0.107. The smallest absolute Gasteiger partial charge is 0.252 e. The lowest BCUT2D eigenvalue weighted by Gasteiger charge is -2.46. The van der Waals surface area contributed by atoms with Crippen molar-refractivity contribution in [2.75, 3.05) is 9.80 Å². The molecule has 11 aromatic rings. The maximum Gasteiger partial charge on any atom is 0.252 e. The van der Waals surface area contributed by atoms with Crippen molar-refractivity contribution in [1.82, 2.24) is 0 Å². The molecule has 4 heterocycles. The number of fused-ring (bicyclic) bond motifs is 14. The topological polar surface area (TPSA) is 6.48 Å². The van der Waals surface area contributed by atoms with Gasteiger partial charge in [0.1, 0.15) is 0 Å². The van der Waals surface area contributed by atoms with Gasteiger partial charge in [0, 0.05) is 63.1 Å². The second-order valence-electron chi connectivity index (χ2n) is 19.6. The minimum absolute atomic E-state index is 0.0198. The average molecular weight is 877 g/mol. The zero-order valence-electron chi connectivity index (χ0n) is 36.4. The summed E-state index contributed by atoms with van der Waals surface area (Å²) in [4.78, 5) is 5.46. The summed E-state index contributed by atoms with van der Waals surface area (Å²) in [6.07, 6.45) is 0. The Morgan fingerprint density at radius 1 is 0.365 bits per heavy atom. The monoisotopic (exact) mass is 876 g/mol. The Balaban J connectivity index is 1.23. The van der Waals surface area contributed by atoms with Crippen molar-refractivity contribution in [3.8, 4) is 0 Å². The molecule has 7 heteroatoms. The normalized spacial score (nSPS) is 13.8. The van der Waals surface area contributed by atoms with E-state index in [1.165, 1.54) is 123 Å². The molecule has 0 saturated heterocycles. The number of nitrogens with zero attached hydrogens (tertiary/aromatic N) is 2. The number of hydrogen-bond acceptors (Lipinski definition) is 4. The van der Waals surface area contributed by atoms with Crippen molar-refractivity contribution in [2.45, 2.75) is 39.3 Å². The molecular formula is C56H45BN2S2Si2. The summed E-state index contributed by atoms with van der Waals surface area (Å²) in [5.74, 6) is 0. The lowest BCUT2D eigenvalue weighted by atomic mass is 9.33. The predicted molar refractivity (Wildman–Crippen MR) is 287 cm³/mol. The van der Waals surface area contributed by atoms with Crippen LogP contribution in [0.25, 0.3) is 61.9 Å². The number of rotatable bonds is 4. The molecular weight excluding hydrogens is 832 g/mol. The highest BCUT2D eigenvalue weighted by atomic mass is 32.1. The van der Waals surface area contributed by atoms with Gasteiger partial charge in [-0.05, 0) is 96.8 Å². The maximum atomic E-state index is 2.73. The zero-order valence-corrected chi connectivity index (χ0v) is 40.0. The zero-order chi connectivity index (χ0) is 42.5. The van der Waals surface area contributed by atoms with Crippen LogP contribution in [-0.2, 0) is 0 Å². The number of benzene rings is 9. The summed E-state index contributed by atoms with van der Waals surface area (Å²) in [7, 11) is -3.94. The lowest BCUT2D eigenvalue weighted by molar-refractivity contribution is 1.28. The van der Waals surface area contributed by atoms with Gasteiger partial charge in [-0.2, -0.15) is 0 Å². The van der Waals surface area contributed by atoms with E-state index in [4.69, 9.17) is 0 Å². The van der Waals surface area contributed by atoms with Crippen LogP contribution in [0.1, 0.15) is 0 Å². The molecule has 9 aromatic carbocycles. The molecule has 0 saturated carbocycles. The van der Waals surface area contributed by atoms with Crippen LogP contribution in [0.5, 0.6) is 0 Å². The van der Waals surface area contributed by atoms with E-state index < -0.39 is 16.1 Å². The molecule has 2 aromatic heterocycles. The summed E-state index contributed by atoms with van der Waals surface area (Å²) >= 11 is 3.85. The molecule has 0 spiro atoms. The molecule has 0 fully saturated rings. The maximum absolute atomic E-state index is 2.73. The molecule has 0 bridgehead atoms. The van der Waals surface area contributed by atoms with Gasteiger partial charge in [0.25, 0.3) is 6.71 Å². The summed E-state index contributed by atoms with van der Waals surface area (Å²) in [6, 6.07) is 63.1. The third kappa shape index (κ3) is 5.28. The van der Waals surface area contributed by atoms with E-state index in [0.717, 1.165) is 0 Å². The number of hydrogen-bond donors (Lipinski definition) is 0. The minimum Gasteiger partial charge on any atom is -0.311 e. The van der Waals surface area contributed by atoms with Gasteiger partial charge in [0.05, 0.1) is 27.5 Å². The first kappa shape index (κ1) is 37.6. The van der Waals surface area contributed by atoms with E-state index in [0.29, 0.717) is 0 Å². The van der Waals surface area contributed by atoms with Crippen LogP contribution in [0, 0.1) is 0 Å². The molecule has 0 amide bonds. The van der Waals surface area contributed by atoms with E-state index in [9.17, 15) is 0 Å². The summed E-state index contributed by atoms with van der Waals surface area (Å²) in [6.45, 7) is 15.2. The van der Waals surface area contributed by atoms with Gasteiger partial charge in [0.2, 0.25) is 0 Å². The van der Waals surface area contributed by atoms with Crippen molar-refractivity contribution >= 4 is 168 Å². The fourth-order valence-electron chi connectivity index (χ4n) is 11.5. The molecule has 2 aliphatic heterocycles. The average Bonchev–Trinajstić information content (AvgIpc) is 3.86. The van der Waals surface area contributed by atoms with Gasteiger partial charge < -0.3 is 9.80 Å². The Kier molecular flexibility index (Phi) is 7.92. The second kappa shape index (κ2) is 13.3. The summed E-state index contributed by atoms with van der Waals surface area (Å²) in [5.41, 5.74) is 12.0. The molecule has 2 aliphatic rings. The van der Waals surface area contributed by atoms with Gasteiger partial charge in [0.15, 0.2) is 0 Å². The Labute approximate surface area is 378 Å². The standard InChI is InChI=1S/C56H45BN2S2Si2/c1-62(2,3)55-36-18-9-7-16-34(36)26-30-44(55)58-42-22-15-23-43-52(42)57(40-28-32-48-50(53(40)58)38-20-11-13-24-46(38)60-48)41-29-33-49-51(39-21-12-14-25-47(39)61-49)54(41)59(43)45-31-27-35-17-8-10-19-37(35)56(45)63(4,5)6/h7-33H,1-6H3. The first-order chi connectivity index (χ1) is 30.6. The van der Waals surface area contributed by atoms with E-state index in [1.807, 2.05) is 22.7 Å². The fourth-order valence-corrected chi connectivity index (χ4v) is 17.7. The highest BCUT2D eigenvalue weighted by Gasteiger charge is 2.46. The van der Waals surface area contributed by atoms with Crippen molar-refractivity contribution < 1.29 is 0 Å². The molecule has 2 nitrogen and oxygen atoms in total. The Morgan fingerprint density at radius 2 is 0.778 bits per heavy atom. The van der Waals surface area contributed by atoms with Gasteiger partial charge >= 0.3 is 0 Å². The Bertz CT molecular complexity index is 3520. The van der Waals surface area contributed by atoms with Crippen molar-refractivity contribution in [1.29, 1.82) is 0 Å². The van der Waals surface area contributed by atoms with Crippen LogP contribution in [0.4, 0.5) is 34.1 Å². The highest BCUT2D eigenvalue weighted by molar-refractivity contribution is 7.26. The molecule has 0 unspecified atom stereocenters. The van der Waals surface area contributed by atoms with Crippen LogP contribution in [0.15, 0.2) is 164 Å². The third-order valence-corrected chi connectivity index (χ3v) is 20.1. The first-order valence-corrected chi connectivity index (χ1v) is 30.9. The van der Waals surface area contributed by atoms with Crippen LogP contribution in [0.3, 0.4) is 0 Å². The quantitative estimate of drug-likeness (QED) is 0.163. The molecule has 302 valence electrons. The number of thiophene rings is 2. The molecule has 0 aliphatic carbocycles. The van der Waals surface area contributed by atoms with Crippen molar-refractivity contribution in [3.05, 3.63) is 164 Å². The number of anilines is 6. The molecule has 0 radical (unpaired) electrons. The SMILES string of the molecule is C[Si](C)(C)c1c(N2c3cccc4c3B(c3ccc5sc6ccccc6c5c32)c2ccc3sc5ccccc5c3c2N4c2ccc3ccccc3c2[Si](C)(C)C)ccc2ccccc12. The van der Waals surface area contributed by atoms with Gasteiger partial charge in [-0.25, -0.2) is 0 Å². The van der Waals surface area contributed by atoms with Crippen molar-refractivity contribution in [2.24, 2.45) is 0 Å². The van der Waals surface area contributed by atoms with E-state index in [-0.39, 0.29) is 6.71 Å². The lowest BCUT2D eigenvalue weighted by Crippen LogP contribution is -2.62. The molecule has 0 atom stereocenters. The highest BCUT2D eigenvalue weighted by Crippen LogP contribution is 2.51.